The smallest absolute Gasteiger partial charge is 0.129 e. The molecule has 1 nitrogen and oxygen atoms in total. The Labute approximate surface area is 100 Å². The summed E-state index contributed by atoms with van der Waals surface area (Å²) in [5.41, 5.74) is 1.58. The van der Waals surface area contributed by atoms with E-state index >= 15 is 0 Å². The topological polar surface area (TPSA) is 12.0 Å². The second-order valence-corrected chi connectivity index (χ2v) is 4.12. The molecule has 1 N–H and O–H groups in total. The van der Waals surface area contributed by atoms with Crippen LogP contribution in [0.2, 0.25) is 5.02 Å². The molecule has 1 aromatic rings. The molecule has 0 radical (unpaired) electrons. The molecule has 4 heteroatoms. The second kappa shape index (κ2) is 5.15. The Morgan fingerprint density at radius 3 is 2.80 bits per heavy atom. The van der Waals surface area contributed by atoms with Crippen molar-refractivity contribution < 1.29 is 4.39 Å². The minimum Gasteiger partial charge on any atom is -0.310 e. The van der Waals surface area contributed by atoms with Gasteiger partial charge in [0.15, 0.2) is 0 Å². The number of hydrogen-bond acceptors (Lipinski definition) is 1. The first-order valence-corrected chi connectivity index (χ1v) is 5.26. The number of benzene rings is 1. The van der Waals surface area contributed by atoms with Crippen molar-refractivity contribution in [3.8, 4) is 0 Å². The van der Waals surface area contributed by atoms with Crippen molar-refractivity contribution in [2.24, 2.45) is 0 Å². The summed E-state index contributed by atoms with van der Waals surface area (Å²) in [6.07, 6.45) is 2.06. The third-order valence-electron chi connectivity index (χ3n) is 2.73. The lowest BCUT2D eigenvalue weighted by Crippen LogP contribution is -2.15. The van der Waals surface area contributed by atoms with Crippen molar-refractivity contribution in [2.45, 2.75) is 25.8 Å². The van der Waals surface area contributed by atoms with Crippen molar-refractivity contribution in [1.29, 1.82) is 0 Å². The van der Waals surface area contributed by atoms with E-state index in [0.29, 0.717) is 10.6 Å². The van der Waals surface area contributed by atoms with Crippen molar-refractivity contribution in [3.05, 3.63) is 34.1 Å². The molecule has 0 spiro atoms. The monoisotopic (exact) mass is 249 g/mol. The predicted octanol–water partition coefficient (Wildman–Crippen LogP) is 3.63. The van der Waals surface area contributed by atoms with Crippen LogP contribution in [0, 0.1) is 12.7 Å². The summed E-state index contributed by atoms with van der Waals surface area (Å²) in [7, 11) is 0. The number of halogens is 3. The van der Waals surface area contributed by atoms with Crippen LogP contribution in [0.25, 0.3) is 0 Å². The first-order chi connectivity index (χ1) is 6.70. The van der Waals surface area contributed by atoms with E-state index < -0.39 is 0 Å². The first-order valence-electron chi connectivity index (χ1n) is 4.88. The summed E-state index contributed by atoms with van der Waals surface area (Å²) in [6.45, 7) is 2.86. The Bertz CT molecular complexity index is 349. The number of aryl methyl sites for hydroxylation is 1. The van der Waals surface area contributed by atoms with Crippen molar-refractivity contribution in [2.75, 3.05) is 6.54 Å². The molecule has 15 heavy (non-hydrogen) atoms. The molecule has 84 valence electrons. The highest BCUT2D eigenvalue weighted by atomic mass is 35.5. The van der Waals surface area contributed by atoms with Crippen LogP contribution in [0.5, 0.6) is 0 Å². The van der Waals surface area contributed by atoms with Gasteiger partial charge in [0.2, 0.25) is 0 Å². The lowest BCUT2D eigenvalue weighted by molar-refractivity contribution is 0.558. The van der Waals surface area contributed by atoms with E-state index in [1.807, 2.05) is 6.92 Å². The molecule has 1 aliphatic heterocycles. The summed E-state index contributed by atoms with van der Waals surface area (Å²) < 4.78 is 13.6. The first kappa shape index (κ1) is 12.8. The Balaban J connectivity index is 0.00000112. The molecule has 1 aliphatic rings. The molecule has 1 aromatic carbocycles. The molecule has 0 aromatic heterocycles. The van der Waals surface area contributed by atoms with Crippen molar-refractivity contribution in [3.63, 3.8) is 0 Å². The molecule has 0 bridgehead atoms. The zero-order valence-corrected chi connectivity index (χ0v) is 10.1. The normalized spacial score (nSPS) is 20.1. The molecule has 1 saturated heterocycles. The van der Waals surface area contributed by atoms with Crippen LogP contribution in [0.4, 0.5) is 4.39 Å². The maximum absolute atomic E-state index is 13.6. The van der Waals surface area contributed by atoms with Crippen molar-refractivity contribution >= 4 is 24.0 Å². The predicted molar refractivity (Wildman–Crippen MR) is 63.4 cm³/mol. The summed E-state index contributed by atoms with van der Waals surface area (Å²) in [4.78, 5) is 0. The Kier molecular flexibility index (Phi) is 4.38. The molecule has 0 amide bonds. The zero-order chi connectivity index (χ0) is 10.1. The second-order valence-electron chi connectivity index (χ2n) is 3.74. The van der Waals surface area contributed by atoms with E-state index in [-0.39, 0.29) is 24.3 Å². The third-order valence-corrected chi connectivity index (χ3v) is 3.23. The van der Waals surface area contributed by atoms with Crippen LogP contribution in [0.1, 0.15) is 30.0 Å². The van der Waals surface area contributed by atoms with E-state index in [1.165, 1.54) is 6.07 Å². The van der Waals surface area contributed by atoms with E-state index in [0.717, 1.165) is 24.9 Å². The molecular weight excluding hydrogens is 236 g/mol. The fourth-order valence-corrected chi connectivity index (χ4v) is 2.21. The van der Waals surface area contributed by atoms with Gasteiger partial charge in [0.1, 0.15) is 5.82 Å². The molecule has 0 unspecified atom stereocenters. The van der Waals surface area contributed by atoms with Gasteiger partial charge >= 0.3 is 0 Å². The SMILES string of the molecule is Cc1ccc(F)c([C@H]2CCCN2)c1Cl.Cl. The van der Waals surface area contributed by atoms with E-state index in [1.54, 1.807) is 6.07 Å². The number of nitrogens with one attached hydrogen (secondary N) is 1. The van der Waals surface area contributed by atoms with Gasteiger partial charge in [-0.05, 0) is 37.9 Å². The molecule has 2 rings (SSSR count). The molecule has 0 aliphatic carbocycles. The summed E-state index contributed by atoms with van der Waals surface area (Å²) in [5, 5.41) is 3.83. The molecule has 1 heterocycles. The van der Waals surface area contributed by atoms with Gasteiger partial charge in [0.05, 0.1) is 5.02 Å². The Morgan fingerprint density at radius 1 is 1.47 bits per heavy atom. The Morgan fingerprint density at radius 2 is 2.20 bits per heavy atom. The van der Waals surface area contributed by atoms with E-state index in [2.05, 4.69) is 5.32 Å². The zero-order valence-electron chi connectivity index (χ0n) is 8.52. The van der Waals surface area contributed by atoms with Crippen molar-refractivity contribution in [1.82, 2.24) is 5.32 Å². The highest BCUT2D eigenvalue weighted by Gasteiger charge is 2.22. The highest BCUT2D eigenvalue weighted by molar-refractivity contribution is 6.32. The van der Waals surface area contributed by atoms with Crippen LogP contribution in [0.15, 0.2) is 12.1 Å². The maximum atomic E-state index is 13.6. The van der Waals surface area contributed by atoms with Crippen LogP contribution in [-0.2, 0) is 0 Å². The number of rotatable bonds is 1. The largest absolute Gasteiger partial charge is 0.310 e. The fraction of sp³-hybridized carbons (Fsp3) is 0.455. The van der Waals surface area contributed by atoms with Crippen LogP contribution in [0.3, 0.4) is 0 Å². The van der Waals surface area contributed by atoms with Gasteiger partial charge in [-0.15, -0.1) is 12.4 Å². The highest BCUT2D eigenvalue weighted by Crippen LogP contribution is 2.33. The number of hydrogen-bond donors (Lipinski definition) is 1. The lowest BCUT2D eigenvalue weighted by atomic mass is 10.0. The molecular formula is C11H14Cl2FN. The van der Waals surface area contributed by atoms with Gasteiger partial charge < -0.3 is 5.32 Å². The van der Waals surface area contributed by atoms with Gasteiger partial charge in [-0.2, -0.15) is 0 Å². The minimum absolute atomic E-state index is 0. The fourth-order valence-electron chi connectivity index (χ4n) is 1.93. The summed E-state index contributed by atoms with van der Waals surface area (Å²) in [6, 6.07) is 3.31. The van der Waals surface area contributed by atoms with Gasteiger partial charge in [0, 0.05) is 11.6 Å². The van der Waals surface area contributed by atoms with Crippen LogP contribution in [-0.4, -0.2) is 6.54 Å². The van der Waals surface area contributed by atoms with Gasteiger partial charge in [-0.1, -0.05) is 17.7 Å². The van der Waals surface area contributed by atoms with E-state index in [9.17, 15) is 4.39 Å². The van der Waals surface area contributed by atoms with Gasteiger partial charge in [-0.3, -0.25) is 0 Å². The van der Waals surface area contributed by atoms with Crippen LogP contribution >= 0.6 is 24.0 Å². The quantitative estimate of drug-likeness (QED) is 0.802. The van der Waals surface area contributed by atoms with E-state index in [4.69, 9.17) is 11.6 Å². The minimum atomic E-state index is -0.194. The van der Waals surface area contributed by atoms with Crippen LogP contribution < -0.4 is 5.32 Å². The third kappa shape index (κ3) is 2.44. The molecule has 0 saturated carbocycles. The molecule has 1 atom stereocenters. The average Bonchev–Trinajstić information content (AvgIpc) is 2.65. The summed E-state index contributed by atoms with van der Waals surface area (Å²) >= 11 is 6.10. The standard InChI is InChI=1S/C11H13ClFN.ClH/c1-7-4-5-8(13)10(11(7)12)9-3-2-6-14-9;/h4-5,9,14H,2-3,6H2,1H3;1H/t9-;/m1./s1. The Hall–Kier alpha value is -0.310. The molecule has 1 fully saturated rings. The summed E-state index contributed by atoms with van der Waals surface area (Å²) in [5.74, 6) is -0.194. The lowest BCUT2D eigenvalue weighted by Gasteiger charge is -2.14. The van der Waals surface area contributed by atoms with Gasteiger partial charge in [0.25, 0.3) is 0 Å². The van der Waals surface area contributed by atoms with Gasteiger partial charge in [-0.25, -0.2) is 4.39 Å². The average molecular weight is 250 g/mol. The maximum Gasteiger partial charge on any atom is 0.129 e.